The number of nitrogens with one attached hydrogen (secondary N) is 1. The number of nitrogens with zero attached hydrogens (tertiary/aromatic N) is 3. The summed E-state index contributed by atoms with van der Waals surface area (Å²) in [6, 6.07) is 17.7. The van der Waals surface area contributed by atoms with Crippen LogP contribution in [0.2, 0.25) is 0 Å². The van der Waals surface area contributed by atoms with Gasteiger partial charge in [-0.25, -0.2) is 13.4 Å². The fraction of sp³-hybridized carbons (Fsp3) is 0.323. The van der Waals surface area contributed by atoms with E-state index < -0.39 is 9.84 Å². The number of carbonyl (C=O) groups excluding carboxylic acids is 1. The predicted octanol–water partition coefficient (Wildman–Crippen LogP) is 4.21. The van der Waals surface area contributed by atoms with Gasteiger partial charge in [0.15, 0.2) is 9.84 Å². The highest BCUT2D eigenvalue weighted by atomic mass is 32.2. The van der Waals surface area contributed by atoms with Crippen LogP contribution < -0.4 is 5.32 Å². The number of benzene rings is 2. The number of oxazole rings is 1. The topological polar surface area (TPSA) is 115 Å². The zero-order valence-corrected chi connectivity index (χ0v) is 23.9. The van der Waals surface area contributed by atoms with Crippen molar-refractivity contribution in [2.75, 3.05) is 32.8 Å². The van der Waals surface area contributed by atoms with Crippen molar-refractivity contribution in [3.8, 4) is 11.5 Å². The lowest BCUT2D eigenvalue weighted by atomic mass is 10.1. The molecule has 0 aliphatic carbocycles. The Balaban J connectivity index is 1.17. The Morgan fingerprint density at radius 1 is 1.00 bits per heavy atom. The molecule has 214 valence electrons. The number of hydrogen-bond acceptors (Lipinski definition) is 8. The van der Waals surface area contributed by atoms with Gasteiger partial charge < -0.3 is 14.5 Å². The number of aryl methyl sites for hydroxylation is 2. The Kier molecular flexibility index (Phi) is 9.23. The number of rotatable bonds is 11. The van der Waals surface area contributed by atoms with Gasteiger partial charge in [0.05, 0.1) is 23.8 Å². The summed E-state index contributed by atoms with van der Waals surface area (Å²) >= 11 is 0. The van der Waals surface area contributed by atoms with Crippen LogP contribution in [0.3, 0.4) is 0 Å². The second-order valence-corrected chi connectivity index (χ2v) is 12.1. The van der Waals surface area contributed by atoms with Crippen LogP contribution in [0.5, 0.6) is 0 Å². The fourth-order valence-electron chi connectivity index (χ4n) is 4.70. The van der Waals surface area contributed by atoms with Gasteiger partial charge in [-0.2, -0.15) is 0 Å². The number of ether oxygens (including phenoxy) is 1. The van der Waals surface area contributed by atoms with E-state index in [-0.39, 0.29) is 16.6 Å². The molecule has 10 heteroatoms. The molecule has 41 heavy (non-hydrogen) atoms. The van der Waals surface area contributed by atoms with Crippen LogP contribution in [-0.2, 0) is 33.3 Å². The third-order valence-corrected chi connectivity index (χ3v) is 8.76. The summed E-state index contributed by atoms with van der Waals surface area (Å²) in [7, 11) is -3.61. The van der Waals surface area contributed by atoms with E-state index in [0.29, 0.717) is 35.0 Å². The van der Waals surface area contributed by atoms with Crippen LogP contribution in [0.25, 0.3) is 11.5 Å². The second-order valence-electron chi connectivity index (χ2n) is 10.1. The van der Waals surface area contributed by atoms with Crippen molar-refractivity contribution in [3.05, 3.63) is 101 Å². The van der Waals surface area contributed by atoms with Crippen LogP contribution in [-0.4, -0.2) is 62.0 Å². The van der Waals surface area contributed by atoms with Crippen LogP contribution in [0.15, 0.2) is 82.4 Å². The maximum Gasteiger partial charge on any atom is 0.251 e. The van der Waals surface area contributed by atoms with Gasteiger partial charge in [-0.15, -0.1) is 0 Å². The Morgan fingerprint density at radius 3 is 2.46 bits per heavy atom. The highest BCUT2D eigenvalue weighted by Gasteiger charge is 2.21. The maximum absolute atomic E-state index is 13.2. The van der Waals surface area contributed by atoms with E-state index in [1.165, 1.54) is 0 Å². The van der Waals surface area contributed by atoms with E-state index in [2.05, 4.69) is 20.2 Å². The molecule has 0 saturated carbocycles. The molecule has 4 aromatic rings. The van der Waals surface area contributed by atoms with Crippen molar-refractivity contribution in [1.82, 2.24) is 20.2 Å². The minimum Gasteiger partial charge on any atom is -0.441 e. The third kappa shape index (κ3) is 7.66. The third-order valence-electron chi connectivity index (χ3n) is 7.12. The van der Waals surface area contributed by atoms with E-state index in [1.807, 2.05) is 24.3 Å². The molecule has 1 amide bonds. The number of sulfone groups is 1. The standard InChI is InChI=1S/C31H34N4O5S/c1-23-29(22-41(37,38)28-12-6-24(7-13-28)5-3-15-35-16-18-39-19-17-35)34-31(40-23)27-10-8-26(9-11-27)30(36)33-21-25-4-2-14-32-20-25/h2,4,6-14,20H,3,5,15-19,21-22H2,1H3,(H,33,36). The van der Waals surface area contributed by atoms with Crippen molar-refractivity contribution in [3.63, 3.8) is 0 Å². The van der Waals surface area contributed by atoms with Gasteiger partial charge >= 0.3 is 0 Å². The summed E-state index contributed by atoms with van der Waals surface area (Å²) in [4.78, 5) is 23.7. The molecule has 0 bridgehead atoms. The highest BCUT2D eigenvalue weighted by Crippen LogP contribution is 2.25. The minimum absolute atomic E-state index is 0.209. The summed E-state index contributed by atoms with van der Waals surface area (Å²) in [6.07, 6.45) is 5.30. The zero-order chi connectivity index (χ0) is 28.7. The van der Waals surface area contributed by atoms with Crippen molar-refractivity contribution < 1.29 is 22.4 Å². The molecular formula is C31H34N4O5S. The first-order valence-corrected chi connectivity index (χ1v) is 15.4. The van der Waals surface area contributed by atoms with E-state index in [9.17, 15) is 13.2 Å². The van der Waals surface area contributed by atoms with Gasteiger partial charge in [-0.1, -0.05) is 18.2 Å². The Morgan fingerprint density at radius 2 is 1.76 bits per heavy atom. The number of aromatic nitrogens is 2. The van der Waals surface area contributed by atoms with Gasteiger partial charge in [-0.3, -0.25) is 14.7 Å². The Bertz CT molecular complexity index is 1550. The molecule has 5 rings (SSSR count). The summed E-state index contributed by atoms with van der Waals surface area (Å²) in [6.45, 7) is 6.61. The Labute approximate surface area is 240 Å². The van der Waals surface area contributed by atoms with E-state index in [0.717, 1.165) is 56.8 Å². The number of amides is 1. The number of pyridine rings is 1. The highest BCUT2D eigenvalue weighted by molar-refractivity contribution is 7.90. The first kappa shape index (κ1) is 28.7. The zero-order valence-electron chi connectivity index (χ0n) is 23.1. The smallest absolute Gasteiger partial charge is 0.251 e. The molecule has 0 atom stereocenters. The van der Waals surface area contributed by atoms with Crippen LogP contribution in [0, 0.1) is 6.92 Å². The molecule has 2 aromatic carbocycles. The molecule has 2 aromatic heterocycles. The summed E-state index contributed by atoms with van der Waals surface area (Å²) < 4.78 is 37.5. The molecular weight excluding hydrogens is 540 g/mol. The lowest BCUT2D eigenvalue weighted by Gasteiger charge is -2.26. The molecule has 1 fully saturated rings. The number of carbonyl (C=O) groups is 1. The van der Waals surface area contributed by atoms with E-state index in [4.69, 9.17) is 9.15 Å². The van der Waals surface area contributed by atoms with Crippen LogP contribution in [0.4, 0.5) is 0 Å². The predicted molar refractivity (Wildman–Crippen MR) is 155 cm³/mol. The lowest BCUT2D eigenvalue weighted by molar-refractivity contribution is 0.0374. The van der Waals surface area contributed by atoms with Gasteiger partial charge in [0, 0.05) is 43.2 Å². The van der Waals surface area contributed by atoms with Crippen LogP contribution in [0.1, 0.15) is 39.4 Å². The van der Waals surface area contributed by atoms with Crippen molar-refractivity contribution in [2.45, 2.75) is 37.0 Å². The maximum atomic E-state index is 13.2. The number of hydrogen-bond donors (Lipinski definition) is 1. The lowest BCUT2D eigenvalue weighted by Crippen LogP contribution is -2.36. The molecule has 3 heterocycles. The first-order chi connectivity index (χ1) is 19.9. The van der Waals surface area contributed by atoms with E-state index >= 15 is 0 Å². The molecule has 9 nitrogen and oxygen atoms in total. The molecule has 1 aliphatic heterocycles. The average molecular weight is 575 g/mol. The molecule has 1 saturated heterocycles. The normalized spacial score (nSPS) is 14.2. The molecule has 0 radical (unpaired) electrons. The van der Waals surface area contributed by atoms with Gasteiger partial charge in [0.2, 0.25) is 5.89 Å². The summed E-state index contributed by atoms with van der Waals surface area (Å²) in [5.41, 5.74) is 3.54. The van der Waals surface area contributed by atoms with Gasteiger partial charge in [-0.05, 0) is 79.9 Å². The number of morpholine rings is 1. The molecule has 0 unspecified atom stereocenters. The van der Waals surface area contributed by atoms with Crippen molar-refractivity contribution >= 4 is 15.7 Å². The van der Waals surface area contributed by atoms with Gasteiger partial charge in [0.1, 0.15) is 11.5 Å². The van der Waals surface area contributed by atoms with Crippen LogP contribution >= 0.6 is 0 Å². The second kappa shape index (κ2) is 13.2. The summed E-state index contributed by atoms with van der Waals surface area (Å²) in [5, 5.41) is 2.87. The molecule has 0 spiro atoms. The van der Waals surface area contributed by atoms with Crippen molar-refractivity contribution in [2.24, 2.45) is 0 Å². The SMILES string of the molecule is Cc1oc(-c2ccc(C(=O)NCc3cccnc3)cc2)nc1CS(=O)(=O)c1ccc(CCCN2CCOCC2)cc1. The Hall–Kier alpha value is -3.86. The van der Waals surface area contributed by atoms with Crippen molar-refractivity contribution in [1.29, 1.82) is 0 Å². The molecule has 1 aliphatic rings. The van der Waals surface area contributed by atoms with E-state index in [1.54, 1.807) is 55.7 Å². The first-order valence-electron chi connectivity index (χ1n) is 13.7. The minimum atomic E-state index is -3.61. The average Bonchev–Trinajstić information content (AvgIpc) is 3.36. The molecule has 1 N–H and O–H groups in total. The largest absolute Gasteiger partial charge is 0.441 e. The van der Waals surface area contributed by atoms with Gasteiger partial charge in [0.25, 0.3) is 5.91 Å². The summed E-state index contributed by atoms with van der Waals surface area (Å²) in [5.74, 6) is 0.291. The monoisotopic (exact) mass is 574 g/mol. The quantitative estimate of drug-likeness (QED) is 0.283. The fourth-order valence-corrected chi connectivity index (χ4v) is 6.04.